The van der Waals surface area contributed by atoms with Crippen LogP contribution in [-0.4, -0.2) is 59.9 Å². The number of hydrogen-bond donors (Lipinski definition) is 2. The van der Waals surface area contributed by atoms with Gasteiger partial charge in [0.1, 0.15) is 17.7 Å². The summed E-state index contributed by atoms with van der Waals surface area (Å²) in [6.07, 6.45) is 0.292. The van der Waals surface area contributed by atoms with Crippen molar-refractivity contribution in [2.75, 3.05) is 6.54 Å². The minimum Gasteiger partial charge on any atom is -0.481 e. The van der Waals surface area contributed by atoms with Crippen molar-refractivity contribution in [2.24, 2.45) is 0 Å². The summed E-state index contributed by atoms with van der Waals surface area (Å²) in [7, 11) is -3.90. The number of nitrogens with zero attached hydrogens (tertiary/aromatic N) is 1. The number of carbonyl (C=O) groups excluding carboxylic acids is 2. The molecule has 0 aliphatic carbocycles. The highest BCUT2D eigenvalue weighted by Crippen LogP contribution is 2.26. The van der Waals surface area contributed by atoms with E-state index >= 15 is 0 Å². The molecule has 1 amide bonds. The van der Waals surface area contributed by atoms with E-state index in [4.69, 9.17) is 9.84 Å². The van der Waals surface area contributed by atoms with Gasteiger partial charge in [-0.25, -0.2) is 13.2 Å². The van der Waals surface area contributed by atoms with E-state index < -0.39 is 45.6 Å². The van der Waals surface area contributed by atoms with Crippen molar-refractivity contribution in [1.82, 2.24) is 9.62 Å². The first-order valence-corrected chi connectivity index (χ1v) is 11.6. The lowest BCUT2D eigenvalue weighted by molar-refractivity contribution is -0.159. The molecular formula is C21H30N2O7S. The monoisotopic (exact) mass is 454 g/mol. The van der Waals surface area contributed by atoms with Gasteiger partial charge >= 0.3 is 11.9 Å². The average Bonchev–Trinajstić information content (AvgIpc) is 3.14. The van der Waals surface area contributed by atoms with Gasteiger partial charge in [-0.05, 0) is 59.1 Å². The SMILES string of the molecule is Cc1ccc(S(=O)(=O)N2CCC[C@H]2C(=O)N[C@H](CCC(=O)O)C(=O)OC(C)(C)C)cc1. The van der Waals surface area contributed by atoms with Gasteiger partial charge in [0.15, 0.2) is 0 Å². The van der Waals surface area contributed by atoms with E-state index in [1.54, 1.807) is 32.9 Å². The van der Waals surface area contributed by atoms with Crippen LogP contribution in [0.2, 0.25) is 0 Å². The predicted molar refractivity (Wildman–Crippen MR) is 113 cm³/mol. The van der Waals surface area contributed by atoms with Crippen LogP contribution >= 0.6 is 0 Å². The van der Waals surface area contributed by atoms with E-state index in [0.717, 1.165) is 9.87 Å². The first kappa shape index (κ1) is 24.8. The summed E-state index contributed by atoms with van der Waals surface area (Å²) in [6.45, 7) is 7.01. The summed E-state index contributed by atoms with van der Waals surface area (Å²) in [6, 6.07) is 4.18. The number of carboxylic acids is 1. The van der Waals surface area contributed by atoms with Crippen LogP contribution in [-0.2, 0) is 29.1 Å². The summed E-state index contributed by atoms with van der Waals surface area (Å²) in [5.74, 6) is -2.52. The Morgan fingerprint density at radius 3 is 2.39 bits per heavy atom. The van der Waals surface area contributed by atoms with Gasteiger partial charge in [-0.15, -0.1) is 0 Å². The number of sulfonamides is 1. The second kappa shape index (κ2) is 9.78. The van der Waals surface area contributed by atoms with Crippen molar-refractivity contribution >= 4 is 27.9 Å². The smallest absolute Gasteiger partial charge is 0.329 e. The summed E-state index contributed by atoms with van der Waals surface area (Å²) in [5.41, 5.74) is 0.0885. The zero-order valence-electron chi connectivity index (χ0n) is 18.3. The van der Waals surface area contributed by atoms with Crippen LogP contribution in [0.5, 0.6) is 0 Å². The molecule has 1 aliphatic heterocycles. The van der Waals surface area contributed by atoms with Crippen molar-refractivity contribution in [3.63, 3.8) is 0 Å². The van der Waals surface area contributed by atoms with Crippen LogP contribution < -0.4 is 5.32 Å². The molecule has 10 heteroatoms. The van der Waals surface area contributed by atoms with E-state index in [1.807, 2.05) is 6.92 Å². The molecule has 0 radical (unpaired) electrons. The first-order chi connectivity index (χ1) is 14.3. The highest BCUT2D eigenvalue weighted by molar-refractivity contribution is 7.89. The highest BCUT2D eigenvalue weighted by atomic mass is 32.2. The van der Waals surface area contributed by atoms with Crippen LogP contribution in [0.25, 0.3) is 0 Å². The van der Waals surface area contributed by atoms with E-state index in [1.165, 1.54) is 12.1 Å². The van der Waals surface area contributed by atoms with Crippen molar-refractivity contribution in [1.29, 1.82) is 0 Å². The Balaban J connectivity index is 2.20. The van der Waals surface area contributed by atoms with Gasteiger partial charge in [0.25, 0.3) is 0 Å². The van der Waals surface area contributed by atoms with Crippen LogP contribution in [0.3, 0.4) is 0 Å². The molecule has 1 heterocycles. The third-order valence-electron chi connectivity index (χ3n) is 4.79. The molecule has 1 aliphatic rings. The molecule has 1 saturated heterocycles. The zero-order chi connectivity index (χ0) is 23.4. The number of carboxylic acid groups (broad SMARTS) is 1. The predicted octanol–water partition coefficient (Wildman–Crippen LogP) is 1.84. The molecule has 1 aromatic rings. The van der Waals surface area contributed by atoms with E-state index in [0.29, 0.717) is 12.8 Å². The van der Waals surface area contributed by atoms with Crippen LogP contribution in [0.4, 0.5) is 0 Å². The van der Waals surface area contributed by atoms with Gasteiger partial charge in [-0.1, -0.05) is 17.7 Å². The molecule has 1 aromatic carbocycles. The lowest BCUT2D eigenvalue weighted by Crippen LogP contribution is -2.52. The molecule has 2 rings (SSSR count). The zero-order valence-corrected chi connectivity index (χ0v) is 19.1. The largest absolute Gasteiger partial charge is 0.481 e. The van der Waals surface area contributed by atoms with Gasteiger partial charge in [0.05, 0.1) is 4.90 Å². The molecule has 0 saturated carbocycles. The van der Waals surface area contributed by atoms with E-state index in [9.17, 15) is 22.8 Å². The van der Waals surface area contributed by atoms with Crippen LogP contribution in [0.15, 0.2) is 29.2 Å². The number of aliphatic carboxylic acids is 1. The third kappa shape index (κ3) is 6.76. The van der Waals surface area contributed by atoms with Gasteiger partial charge in [0, 0.05) is 13.0 Å². The summed E-state index contributed by atoms with van der Waals surface area (Å²) in [5, 5.41) is 11.5. The fraction of sp³-hybridized carbons (Fsp3) is 0.571. The summed E-state index contributed by atoms with van der Waals surface area (Å²) in [4.78, 5) is 36.5. The number of aryl methyl sites for hydroxylation is 1. The maximum Gasteiger partial charge on any atom is 0.329 e. The van der Waals surface area contributed by atoms with Crippen molar-refractivity contribution < 1.29 is 32.6 Å². The van der Waals surface area contributed by atoms with Crippen molar-refractivity contribution in [3.8, 4) is 0 Å². The lowest BCUT2D eigenvalue weighted by Gasteiger charge is -2.27. The number of carbonyl (C=O) groups is 3. The molecule has 0 spiro atoms. The Kier molecular flexibility index (Phi) is 7.82. The number of rotatable bonds is 8. The molecule has 2 N–H and O–H groups in total. The maximum absolute atomic E-state index is 13.1. The number of esters is 1. The van der Waals surface area contributed by atoms with Gasteiger partial charge < -0.3 is 15.2 Å². The first-order valence-electron chi connectivity index (χ1n) is 10.1. The van der Waals surface area contributed by atoms with Crippen LogP contribution in [0.1, 0.15) is 52.0 Å². The molecule has 2 atom stereocenters. The molecule has 0 unspecified atom stereocenters. The van der Waals surface area contributed by atoms with Crippen molar-refractivity contribution in [3.05, 3.63) is 29.8 Å². The average molecular weight is 455 g/mol. The Labute approximate surface area is 182 Å². The maximum atomic E-state index is 13.1. The van der Waals surface area contributed by atoms with Crippen molar-refractivity contribution in [2.45, 2.75) is 76.0 Å². The number of ether oxygens (including phenoxy) is 1. The number of benzene rings is 1. The van der Waals surface area contributed by atoms with Gasteiger partial charge in [0.2, 0.25) is 15.9 Å². The topological polar surface area (TPSA) is 130 Å². The molecule has 31 heavy (non-hydrogen) atoms. The van der Waals surface area contributed by atoms with Crippen LogP contribution in [0, 0.1) is 6.92 Å². The number of nitrogens with one attached hydrogen (secondary N) is 1. The second-order valence-corrected chi connectivity index (χ2v) is 10.5. The minimum atomic E-state index is -3.90. The number of hydrogen-bond acceptors (Lipinski definition) is 6. The van der Waals surface area contributed by atoms with Gasteiger partial charge in [-0.3, -0.25) is 9.59 Å². The normalized spacial score (nSPS) is 18.4. The van der Waals surface area contributed by atoms with E-state index in [2.05, 4.69) is 5.32 Å². The highest BCUT2D eigenvalue weighted by Gasteiger charge is 2.41. The minimum absolute atomic E-state index is 0.0902. The Bertz CT molecular complexity index is 920. The third-order valence-corrected chi connectivity index (χ3v) is 6.71. The number of amides is 1. The molecule has 0 bridgehead atoms. The second-order valence-electron chi connectivity index (χ2n) is 8.61. The molecule has 1 fully saturated rings. The molecule has 9 nitrogen and oxygen atoms in total. The fourth-order valence-corrected chi connectivity index (χ4v) is 4.95. The summed E-state index contributed by atoms with van der Waals surface area (Å²) >= 11 is 0. The molecular weight excluding hydrogens is 424 g/mol. The van der Waals surface area contributed by atoms with E-state index in [-0.39, 0.29) is 24.3 Å². The summed E-state index contributed by atoms with van der Waals surface area (Å²) < 4.78 is 32.5. The fourth-order valence-electron chi connectivity index (χ4n) is 3.29. The molecule has 0 aromatic heterocycles. The Morgan fingerprint density at radius 2 is 1.84 bits per heavy atom. The quantitative estimate of drug-likeness (QED) is 0.573. The molecule has 172 valence electrons. The standard InChI is InChI=1S/C21H30N2O7S/c1-14-7-9-15(10-8-14)31(28,29)23-13-5-6-17(23)19(26)22-16(11-12-18(24)25)20(27)30-21(2,3)4/h7-10,16-17H,5-6,11-13H2,1-4H3,(H,22,26)(H,24,25)/t16-,17+/m1/s1. The lowest BCUT2D eigenvalue weighted by atomic mass is 10.1. The Morgan fingerprint density at radius 1 is 1.23 bits per heavy atom. The van der Waals surface area contributed by atoms with Gasteiger partial charge in [-0.2, -0.15) is 4.31 Å². The Hall–Kier alpha value is -2.46.